The Morgan fingerprint density at radius 3 is 2.51 bits per heavy atom. The van der Waals surface area contributed by atoms with E-state index >= 15 is 0 Å². The normalized spacial score (nSPS) is 23.8. The average Bonchev–Trinajstić information content (AvgIpc) is 3.49. The Bertz CT molecular complexity index is 1760. The minimum Gasteiger partial charge on any atom is -0.497 e. The number of ketones is 2. The van der Waals surface area contributed by atoms with E-state index in [0.717, 1.165) is 16.8 Å². The SMILES string of the molecule is COc1cccc(C(=O)[C@@H]2[C@@H](C(=O)c3ccccn3)[C@]3(C(=O)Nc4ccccc43)[C@H]3C=C(C)c4ccccc4N23)c1. The minimum absolute atomic E-state index is 0.214. The summed E-state index contributed by atoms with van der Waals surface area (Å²) in [6.07, 6.45) is 3.60. The van der Waals surface area contributed by atoms with Crippen molar-refractivity contribution in [2.45, 2.75) is 24.4 Å². The van der Waals surface area contributed by atoms with Crippen molar-refractivity contribution < 1.29 is 19.1 Å². The Hall–Kier alpha value is -5.04. The molecule has 3 aliphatic rings. The number of hydrogen-bond donors (Lipinski definition) is 1. The lowest BCUT2D eigenvalue weighted by atomic mass is 9.64. The minimum atomic E-state index is -1.38. The summed E-state index contributed by atoms with van der Waals surface area (Å²) in [6, 6.07) is 25.8. The second-order valence-electron chi connectivity index (χ2n) is 10.7. The summed E-state index contributed by atoms with van der Waals surface area (Å²) in [6.45, 7) is 2.01. The number of carbonyl (C=O) groups excluding carboxylic acids is 3. The number of allylic oxidation sites excluding steroid dienone is 1. The highest BCUT2D eigenvalue weighted by Gasteiger charge is 2.70. The van der Waals surface area contributed by atoms with E-state index in [4.69, 9.17) is 4.74 Å². The molecule has 1 spiro atoms. The number of nitrogens with one attached hydrogen (secondary N) is 1. The summed E-state index contributed by atoms with van der Waals surface area (Å²) in [4.78, 5) is 50.2. The number of fused-ring (bicyclic) bond motifs is 6. The van der Waals surface area contributed by atoms with Gasteiger partial charge in [0.2, 0.25) is 5.91 Å². The number of benzene rings is 3. The first kappa shape index (κ1) is 25.0. The number of amides is 1. The third-order valence-corrected chi connectivity index (χ3v) is 8.71. The molecule has 7 heteroatoms. The van der Waals surface area contributed by atoms with Gasteiger partial charge in [0.15, 0.2) is 11.6 Å². The van der Waals surface area contributed by atoms with Gasteiger partial charge in [0, 0.05) is 28.7 Å². The third kappa shape index (κ3) is 3.45. The Balaban J connectivity index is 1.55. The highest BCUT2D eigenvalue weighted by atomic mass is 16.5. The lowest BCUT2D eigenvalue weighted by molar-refractivity contribution is -0.121. The van der Waals surface area contributed by atoms with Gasteiger partial charge < -0.3 is 15.0 Å². The van der Waals surface area contributed by atoms with Gasteiger partial charge in [0.25, 0.3) is 0 Å². The monoisotopic (exact) mass is 541 g/mol. The Labute approximate surface area is 237 Å². The van der Waals surface area contributed by atoms with Crippen molar-refractivity contribution in [2.24, 2.45) is 5.92 Å². The number of hydrogen-bond acceptors (Lipinski definition) is 6. The van der Waals surface area contributed by atoms with E-state index in [1.165, 1.54) is 0 Å². The Morgan fingerprint density at radius 2 is 1.71 bits per heavy atom. The zero-order valence-electron chi connectivity index (χ0n) is 22.6. The quantitative estimate of drug-likeness (QED) is 0.344. The summed E-state index contributed by atoms with van der Waals surface area (Å²) in [5.41, 5.74) is 3.35. The molecule has 1 saturated heterocycles. The summed E-state index contributed by atoms with van der Waals surface area (Å²) >= 11 is 0. The molecule has 0 unspecified atom stereocenters. The fraction of sp³-hybridized carbons (Fsp3) is 0.176. The van der Waals surface area contributed by atoms with Crippen molar-refractivity contribution in [1.29, 1.82) is 0 Å². The van der Waals surface area contributed by atoms with Crippen molar-refractivity contribution in [2.75, 3.05) is 17.3 Å². The van der Waals surface area contributed by atoms with Crippen LogP contribution in [0.25, 0.3) is 5.57 Å². The highest BCUT2D eigenvalue weighted by molar-refractivity contribution is 6.18. The van der Waals surface area contributed by atoms with Crippen LogP contribution in [0.5, 0.6) is 5.75 Å². The lowest BCUT2D eigenvalue weighted by Gasteiger charge is -2.39. The standard InChI is InChI=1S/C34H27N3O4/c1-20-18-28-34(24-13-4-5-14-25(24)36-33(34)40)29(32(39)26-15-7-8-17-35-26)30(37(28)27-16-6-3-12-23(20)27)31(38)21-10-9-11-22(19-21)41-2/h3-19,28-30H,1-2H3,(H,36,40)/t28-,29+,30+,34-/m1/s1. The first-order valence-electron chi connectivity index (χ1n) is 13.6. The molecule has 1 fully saturated rings. The van der Waals surface area contributed by atoms with E-state index in [9.17, 15) is 14.4 Å². The number of para-hydroxylation sites is 2. The smallest absolute Gasteiger partial charge is 0.238 e. The molecule has 41 heavy (non-hydrogen) atoms. The number of Topliss-reactive ketones (excluding diaryl/α,β-unsaturated/α-hetero) is 2. The Morgan fingerprint density at radius 1 is 0.927 bits per heavy atom. The van der Waals surface area contributed by atoms with Crippen molar-refractivity contribution in [3.05, 3.63) is 126 Å². The van der Waals surface area contributed by atoms with Crippen molar-refractivity contribution in [3.63, 3.8) is 0 Å². The predicted molar refractivity (Wildman–Crippen MR) is 156 cm³/mol. The van der Waals surface area contributed by atoms with Crippen LogP contribution in [0.1, 0.15) is 38.9 Å². The van der Waals surface area contributed by atoms with Crippen molar-refractivity contribution in [1.82, 2.24) is 4.98 Å². The molecule has 4 heterocycles. The molecule has 3 aromatic carbocycles. The molecular formula is C34H27N3O4. The molecule has 7 nitrogen and oxygen atoms in total. The zero-order valence-corrected chi connectivity index (χ0v) is 22.6. The summed E-state index contributed by atoms with van der Waals surface area (Å²) < 4.78 is 5.43. The first-order valence-corrected chi connectivity index (χ1v) is 13.6. The number of pyridine rings is 1. The summed E-state index contributed by atoms with van der Waals surface area (Å²) in [5.74, 6) is -1.45. The van der Waals surface area contributed by atoms with E-state index in [1.807, 2.05) is 66.4 Å². The zero-order chi connectivity index (χ0) is 28.3. The van der Waals surface area contributed by atoms with Gasteiger partial charge in [-0.05, 0) is 54.5 Å². The fourth-order valence-corrected chi connectivity index (χ4v) is 7.00. The maximum Gasteiger partial charge on any atom is 0.238 e. The number of ether oxygens (including phenoxy) is 1. The van der Waals surface area contributed by atoms with Crippen LogP contribution in [-0.2, 0) is 10.2 Å². The van der Waals surface area contributed by atoms with Gasteiger partial charge in [0.1, 0.15) is 22.9 Å². The second kappa shape index (κ2) is 9.27. The molecule has 0 saturated carbocycles. The molecule has 4 atom stereocenters. The first-order chi connectivity index (χ1) is 20.0. The van der Waals surface area contributed by atoms with Crippen molar-refractivity contribution in [3.8, 4) is 5.75 Å². The van der Waals surface area contributed by atoms with Crippen LogP contribution in [0.2, 0.25) is 0 Å². The van der Waals surface area contributed by atoms with Crippen LogP contribution >= 0.6 is 0 Å². The van der Waals surface area contributed by atoms with Crippen LogP contribution in [0.4, 0.5) is 11.4 Å². The molecule has 0 bridgehead atoms. The maximum atomic E-state index is 14.7. The lowest BCUT2D eigenvalue weighted by Crippen LogP contribution is -2.51. The molecule has 1 amide bonds. The van der Waals surface area contributed by atoms with Crippen molar-refractivity contribution >= 4 is 34.4 Å². The fourth-order valence-electron chi connectivity index (χ4n) is 7.00. The van der Waals surface area contributed by atoms with Gasteiger partial charge in [-0.25, -0.2) is 0 Å². The maximum absolute atomic E-state index is 14.7. The van der Waals surface area contributed by atoms with Gasteiger partial charge in [-0.3, -0.25) is 19.4 Å². The number of rotatable bonds is 5. The molecule has 0 aliphatic carbocycles. The number of nitrogens with zero attached hydrogens (tertiary/aromatic N) is 2. The van der Waals surface area contributed by atoms with E-state index in [-0.39, 0.29) is 23.2 Å². The molecule has 7 rings (SSSR count). The van der Waals surface area contributed by atoms with Crippen LogP contribution in [0.15, 0.2) is 103 Å². The molecule has 0 radical (unpaired) electrons. The number of methoxy groups -OCH3 is 1. The number of carbonyl (C=O) groups is 3. The van der Waals surface area contributed by atoms with Gasteiger partial charge in [-0.15, -0.1) is 0 Å². The summed E-state index contributed by atoms with van der Waals surface area (Å²) in [5, 5.41) is 3.06. The van der Waals surface area contributed by atoms with Crippen LogP contribution in [0, 0.1) is 5.92 Å². The van der Waals surface area contributed by atoms with E-state index < -0.39 is 23.4 Å². The molecule has 1 N–H and O–H groups in total. The van der Waals surface area contributed by atoms with E-state index in [2.05, 4.69) is 10.3 Å². The predicted octanol–water partition coefficient (Wildman–Crippen LogP) is 5.34. The summed E-state index contributed by atoms with van der Waals surface area (Å²) in [7, 11) is 1.55. The van der Waals surface area contributed by atoms with E-state index in [0.29, 0.717) is 22.6 Å². The van der Waals surface area contributed by atoms with Crippen LogP contribution in [-0.4, -0.2) is 41.7 Å². The topological polar surface area (TPSA) is 88.6 Å². The van der Waals surface area contributed by atoms with Crippen LogP contribution < -0.4 is 15.0 Å². The molecule has 3 aliphatic heterocycles. The van der Waals surface area contributed by atoms with Gasteiger partial charge in [-0.1, -0.05) is 60.7 Å². The average molecular weight is 542 g/mol. The molecule has 202 valence electrons. The Kier molecular flexibility index (Phi) is 5.64. The van der Waals surface area contributed by atoms with Gasteiger partial charge in [-0.2, -0.15) is 0 Å². The number of anilines is 2. The highest BCUT2D eigenvalue weighted by Crippen LogP contribution is 2.58. The number of aromatic nitrogens is 1. The molecular weight excluding hydrogens is 514 g/mol. The second-order valence-corrected chi connectivity index (χ2v) is 10.7. The largest absolute Gasteiger partial charge is 0.497 e. The molecule has 1 aromatic heterocycles. The molecule has 4 aromatic rings. The van der Waals surface area contributed by atoms with Gasteiger partial charge in [0.05, 0.1) is 19.1 Å². The van der Waals surface area contributed by atoms with E-state index in [1.54, 1.807) is 55.8 Å². The van der Waals surface area contributed by atoms with Crippen LogP contribution in [0.3, 0.4) is 0 Å². The third-order valence-electron chi connectivity index (χ3n) is 8.71. The van der Waals surface area contributed by atoms with Gasteiger partial charge >= 0.3 is 0 Å².